The molecule has 5 heteroatoms. The number of halogens is 1. The summed E-state index contributed by atoms with van der Waals surface area (Å²) >= 11 is 5.97. The molecule has 0 spiro atoms. The smallest absolute Gasteiger partial charge is 0.226 e. The average Bonchev–Trinajstić information content (AvgIpc) is 2.37. The van der Waals surface area contributed by atoms with Crippen LogP contribution in [0.3, 0.4) is 0 Å². The lowest BCUT2D eigenvalue weighted by Gasteiger charge is -1.99. The minimum absolute atomic E-state index is 0.0673. The van der Waals surface area contributed by atoms with Gasteiger partial charge in [-0.05, 0) is 18.2 Å². The highest BCUT2D eigenvalue weighted by Gasteiger charge is 2.05. The van der Waals surface area contributed by atoms with Crippen LogP contribution < -0.4 is 10.4 Å². The zero-order valence-electron chi connectivity index (χ0n) is 9.32. The number of aryl methyl sites for hydroxylation is 1. The van der Waals surface area contributed by atoms with Crippen LogP contribution in [0.2, 0.25) is 5.02 Å². The van der Waals surface area contributed by atoms with Crippen molar-refractivity contribution in [2.45, 2.75) is 6.92 Å². The first kappa shape index (κ1) is 13.3. The maximum Gasteiger partial charge on any atom is 0.270 e. The summed E-state index contributed by atoms with van der Waals surface area (Å²) < 4.78 is 0. The Labute approximate surface area is 109 Å². The van der Waals surface area contributed by atoms with Crippen LogP contribution in [0.1, 0.15) is 5.56 Å². The minimum atomic E-state index is -0.115. The van der Waals surface area contributed by atoms with Crippen LogP contribution in [-0.4, -0.2) is 0 Å². The van der Waals surface area contributed by atoms with Gasteiger partial charge in [-0.15, -0.1) is 0 Å². The van der Waals surface area contributed by atoms with Gasteiger partial charge < -0.3 is 0 Å². The number of rotatable bonds is 0. The van der Waals surface area contributed by atoms with Crippen molar-refractivity contribution in [3.05, 3.63) is 56.0 Å². The molecule has 0 saturated carbocycles. The van der Waals surface area contributed by atoms with Gasteiger partial charge in [0.15, 0.2) is 0 Å². The van der Waals surface area contributed by atoms with Gasteiger partial charge in [-0.3, -0.25) is 0 Å². The van der Waals surface area contributed by atoms with E-state index in [0.29, 0.717) is 16.0 Å². The van der Waals surface area contributed by atoms with Crippen LogP contribution >= 0.6 is 11.6 Å². The lowest BCUT2D eigenvalue weighted by atomic mass is 10.1. The molecule has 18 heavy (non-hydrogen) atoms. The van der Waals surface area contributed by atoms with Gasteiger partial charge in [-0.2, -0.15) is 0 Å². The summed E-state index contributed by atoms with van der Waals surface area (Å²) in [6.07, 6.45) is 0. The van der Waals surface area contributed by atoms with E-state index in [9.17, 15) is 0 Å². The minimum Gasteiger partial charge on any atom is -0.226 e. The van der Waals surface area contributed by atoms with Crippen LogP contribution in [0.4, 0.5) is 0 Å². The van der Waals surface area contributed by atoms with Gasteiger partial charge in [0.05, 0.1) is 25.3 Å². The Hall–Kier alpha value is -2.79. The standard InChI is InChI=1S/C13H5ClN4/c1-8-4-10(13(7-16)18-3)11(14)5-9(8)12(6-15)17-2/h4-5H,1H3/b12-9+,13-10-. The first-order valence-corrected chi connectivity index (χ1v) is 5.06. The average molecular weight is 253 g/mol. The predicted octanol–water partition coefficient (Wildman–Crippen LogP) is 1.75. The van der Waals surface area contributed by atoms with Gasteiger partial charge in [-0.1, -0.05) is 23.2 Å². The largest absolute Gasteiger partial charge is 0.270 e. The second-order valence-electron chi connectivity index (χ2n) is 3.29. The van der Waals surface area contributed by atoms with E-state index in [2.05, 4.69) is 9.69 Å². The molecule has 0 radical (unpaired) electrons. The van der Waals surface area contributed by atoms with E-state index in [-0.39, 0.29) is 16.4 Å². The Bertz CT molecular complexity index is 690. The van der Waals surface area contributed by atoms with Crippen molar-refractivity contribution >= 4 is 23.0 Å². The molecule has 0 aliphatic rings. The molecule has 4 nitrogen and oxygen atoms in total. The summed E-state index contributed by atoms with van der Waals surface area (Å²) in [5, 5.41) is 18.5. The molecule has 1 aromatic carbocycles. The van der Waals surface area contributed by atoms with Crippen LogP contribution in [0.15, 0.2) is 12.1 Å². The molecular weight excluding hydrogens is 248 g/mol. The third-order valence-electron chi connectivity index (χ3n) is 2.26. The summed E-state index contributed by atoms with van der Waals surface area (Å²) in [5.74, 6) is 0. The molecule has 0 saturated heterocycles. The molecule has 0 aromatic heterocycles. The Kier molecular flexibility index (Phi) is 4.07. The van der Waals surface area contributed by atoms with Gasteiger partial charge in [-0.25, -0.2) is 20.2 Å². The third-order valence-corrected chi connectivity index (χ3v) is 2.57. The number of hydrogen-bond acceptors (Lipinski definition) is 2. The third kappa shape index (κ3) is 2.31. The van der Waals surface area contributed by atoms with Crippen LogP contribution in [0.25, 0.3) is 21.1 Å². The predicted molar refractivity (Wildman–Crippen MR) is 66.7 cm³/mol. The van der Waals surface area contributed by atoms with Gasteiger partial charge in [0.2, 0.25) is 0 Å². The highest BCUT2D eigenvalue weighted by molar-refractivity contribution is 6.31. The quantitative estimate of drug-likeness (QED) is 0.661. The highest BCUT2D eigenvalue weighted by Crippen LogP contribution is 2.05. The molecule has 0 N–H and O–H groups in total. The highest BCUT2D eigenvalue weighted by atomic mass is 35.5. The molecule has 0 aliphatic heterocycles. The zero-order chi connectivity index (χ0) is 13.7. The van der Waals surface area contributed by atoms with E-state index in [1.54, 1.807) is 19.1 Å². The molecule has 1 aromatic rings. The van der Waals surface area contributed by atoms with Crippen molar-refractivity contribution < 1.29 is 0 Å². The fourth-order valence-electron chi connectivity index (χ4n) is 1.41. The van der Waals surface area contributed by atoms with Gasteiger partial charge in [0, 0.05) is 10.2 Å². The molecule has 0 heterocycles. The molecule has 1 rings (SSSR count). The monoisotopic (exact) mass is 252 g/mol. The van der Waals surface area contributed by atoms with E-state index in [4.69, 9.17) is 35.3 Å². The molecule has 0 fully saturated rings. The lowest BCUT2D eigenvalue weighted by Crippen LogP contribution is -2.17. The van der Waals surface area contributed by atoms with Crippen molar-refractivity contribution in [3.8, 4) is 12.1 Å². The van der Waals surface area contributed by atoms with Crippen molar-refractivity contribution in [2.24, 2.45) is 0 Å². The molecule has 84 valence electrons. The van der Waals surface area contributed by atoms with E-state index < -0.39 is 0 Å². The van der Waals surface area contributed by atoms with Crippen molar-refractivity contribution in [3.63, 3.8) is 0 Å². The number of nitriles is 2. The summed E-state index contributed by atoms with van der Waals surface area (Å²) in [4.78, 5) is 6.19. The summed E-state index contributed by atoms with van der Waals surface area (Å²) in [5.41, 5.74) is 0.441. The van der Waals surface area contributed by atoms with Crippen LogP contribution in [0, 0.1) is 42.7 Å². The second kappa shape index (κ2) is 5.51. The Morgan fingerprint density at radius 2 is 1.61 bits per heavy atom. The maximum absolute atomic E-state index is 8.82. The summed E-state index contributed by atoms with van der Waals surface area (Å²) in [6, 6.07) is 6.52. The van der Waals surface area contributed by atoms with Crippen molar-refractivity contribution in [2.75, 3.05) is 0 Å². The maximum atomic E-state index is 8.82. The number of nitrogens with zero attached hydrogens (tertiary/aromatic N) is 4. The molecule has 0 atom stereocenters. The molecule has 0 aliphatic carbocycles. The number of hydrogen-bond donors (Lipinski definition) is 0. The molecule has 0 amide bonds. The van der Waals surface area contributed by atoms with E-state index in [1.807, 2.05) is 0 Å². The SMILES string of the molecule is [C-]#[N+]/C(C#N)=c1/cc(C)/c(=C(\C#N)[N+]#[C-])cc1Cl. The Balaban J connectivity index is 3.96. The Morgan fingerprint density at radius 1 is 1.11 bits per heavy atom. The second-order valence-corrected chi connectivity index (χ2v) is 3.70. The first-order valence-electron chi connectivity index (χ1n) is 4.69. The normalized spacial score (nSPS) is 12.3. The van der Waals surface area contributed by atoms with E-state index in [0.717, 1.165) is 0 Å². The molecule has 0 bridgehead atoms. The van der Waals surface area contributed by atoms with Gasteiger partial charge in [0.1, 0.15) is 0 Å². The van der Waals surface area contributed by atoms with Crippen molar-refractivity contribution in [1.29, 1.82) is 10.5 Å². The summed E-state index contributed by atoms with van der Waals surface area (Å²) in [6.45, 7) is 15.5. The fourth-order valence-corrected chi connectivity index (χ4v) is 1.66. The van der Waals surface area contributed by atoms with E-state index >= 15 is 0 Å². The number of benzene rings is 1. The first-order chi connectivity index (χ1) is 8.58. The molecule has 0 unspecified atom stereocenters. The van der Waals surface area contributed by atoms with E-state index in [1.165, 1.54) is 12.1 Å². The topological polar surface area (TPSA) is 56.3 Å². The lowest BCUT2D eigenvalue weighted by molar-refractivity contribution is 1.36. The van der Waals surface area contributed by atoms with Crippen LogP contribution in [0.5, 0.6) is 0 Å². The summed E-state index contributed by atoms with van der Waals surface area (Å²) in [7, 11) is 0. The molecular formula is C13H5ClN4. The van der Waals surface area contributed by atoms with Gasteiger partial charge >= 0.3 is 0 Å². The van der Waals surface area contributed by atoms with Gasteiger partial charge in [0.25, 0.3) is 11.4 Å². The van der Waals surface area contributed by atoms with Crippen molar-refractivity contribution in [1.82, 2.24) is 0 Å². The fraction of sp³-hybridized carbons (Fsp3) is 0.0769. The Morgan fingerprint density at radius 3 is 2.06 bits per heavy atom. The van der Waals surface area contributed by atoms with Crippen LogP contribution in [-0.2, 0) is 0 Å². The zero-order valence-corrected chi connectivity index (χ0v) is 10.1.